The second kappa shape index (κ2) is 6.89. The van der Waals surface area contributed by atoms with E-state index in [-0.39, 0.29) is 6.67 Å². The molecule has 0 aliphatic heterocycles. The van der Waals surface area contributed by atoms with Gasteiger partial charge in [0.25, 0.3) is 0 Å². The molecule has 114 valence electrons. The Morgan fingerprint density at radius 1 is 1.13 bits per heavy atom. The summed E-state index contributed by atoms with van der Waals surface area (Å²) in [5, 5.41) is 8.91. The van der Waals surface area contributed by atoms with Gasteiger partial charge in [0.15, 0.2) is 0 Å². The Morgan fingerprint density at radius 3 is 2.61 bits per heavy atom. The highest BCUT2D eigenvalue weighted by molar-refractivity contribution is 5.69. The standard InChI is InChI=1S/C19H16FN3/c20-9-1-2-17-12-18(23-11-10-22-14-23)7-8-19(17)16-5-3-15(13-21)4-6-16/h3-8,10-12,14H,1-2,9H2. The van der Waals surface area contributed by atoms with E-state index < -0.39 is 0 Å². The van der Waals surface area contributed by atoms with Crippen LogP contribution in [0.25, 0.3) is 16.8 Å². The molecule has 1 heterocycles. The zero-order valence-corrected chi connectivity index (χ0v) is 12.6. The number of nitriles is 1. The Labute approximate surface area is 134 Å². The fourth-order valence-electron chi connectivity index (χ4n) is 2.62. The number of rotatable bonds is 5. The van der Waals surface area contributed by atoms with Crippen molar-refractivity contribution in [3.05, 3.63) is 72.3 Å². The van der Waals surface area contributed by atoms with Crippen molar-refractivity contribution in [3.63, 3.8) is 0 Å². The van der Waals surface area contributed by atoms with E-state index in [1.54, 1.807) is 24.7 Å². The summed E-state index contributed by atoms with van der Waals surface area (Å²) >= 11 is 0. The molecule has 3 nitrogen and oxygen atoms in total. The third-order valence-corrected chi connectivity index (χ3v) is 3.80. The quantitative estimate of drug-likeness (QED) is 0.704. The van der Waals surface area contributed by atoms with Crippen molar-refractivity contribution < 1.29 is 4.39 Å². The van der Waals surface area contributed by atoms with Crippen LogP contribution in [0.3, 0.4) is 0 Å². The van der Waals surface area contributed by atoms with Gasteiger partial charge in [0.2, 0.25) is 0 Å². The number of nitrogens with zero attached hydrogens (tertiary/aromatic N) is 3. The maximum atomic E-state index is 12.6. The topological polar surface area (TPSA) is 41.6 Å². The summed E-state index contributed by atoms with van der Waals surface area (Å²) in [6, 6.07) is 15.7. The van der Waals surface area contributed by atoms with Gasteiger partial charge in [0.1, 0.15) is 0 Å². The first-order valence-corrected chi connectivity index (χ1v) is 7.49. The van der Waals surface area contributed by atoms with Gasteiger partial charge in [-0.05, 0) is 53.8 Å². The molecule has 0 radical (unpaired) electrons. The third-order valence-electron chi connectivity index (χ3n) is 3.80. The predicted molar refractivity (Wildman–Crippen MR) is 88.0 cm³/mol. The Hall–Kier alpha value is -2.93. The minimum absolute atomic E-state index is 0.331. The van der Waals surface area contributed by atoms with E-state index in [0.29, 0.717) is 18.4 Å². The zero-order valence-electron chi connectivity index (χ0n) is 12.6. The summed E-state index contributed by atoms with van der Waals surface area (Å²) in [7, 11) is 0. The van der Waals surface area contributed by atoms with Crippen LogP contribution >= 0.6 is 0 Å². The van der Waals surface area contributed by atoms with E-state index in [1.165, 1.54) is 0 Å². The number of aromatic nitrogens is 2. The van der Waals surface area contributed by atoms with Crippen molar-refractivity contribution in [2.75, 3.05) is 6.67 Å². The SMILES string of the molecule is N#Cc1ccc(-c2ccc(-n3ccnc3)cc2CCCF)cc1. The Balaban J connectivity index is 2.02. The largest absolute Gasteiger partial charge is 0.306 e. The number of imidazole rings is 1. The highest BCUT2D eigenvalue weighted by atomic mass is 19.1. The van der Waals surface area contributed by atoms with Crippen LogP contribution in [0.15, 0.2) is 61.2 Å². The summed E-state index contributed by atoms with van der Waals surface area (Å²) < 4.78 is 14.6. The van der Waals surface area contributed by atoms with Crippen molar-refractivity contribution in [1.29, 1.82) is 5.26 Å². The van der Waals surface area contributed by atoms with E-state index >= 15 is 0 Å². The van der Waals surface area contributed by atoms with Gasteiger partial charge >= 0.3 is 0 Å². The van der Waals surface area contributed by atoms with Crippen LogP contribution in [0, 0.1) is 11.3 Å². The van der Waals surface area contributed by atoms with Gasteiger partial charge < -0.3 is 4.57 Å². The summed E-state index contributed by atoms with van der Waals surface area (Å²) in [6.07, 6.45) is 6.53. The van der Waals surface area contributed by atoms with Crippen LogP contribution in [0.1, 0.15) is 17.5 Å². The average molecular weight is 305 g/mol. The highest BCUT2D eigenvalue weighted by Gasteiger charge is 2.08. The van der Waals surface area contributed by atoms with Gasteiger partial charge in [0, 0.05) is 18.1 Å². The molecule has 3 rings (SSSR count). The van der Waals surface area contributed by atoms with E-state index in [9.17, 15) is 4.39 Å². The molecule has 0 atom stereocenters. The van der Waals surface area contributed by atoms with Crippen LogP contribution in [-0.4, -0.2) is 16.2 Å². The second-order valence-corrected chi connectivity index (χ2v) is 5.29. The molecular formula is C19H16FN3. The first-order chi connectivity index (χ1) is 11.3. The Bertz CT molecular complexity index is 815. The van der Waals surface area contributed by atoms with Gasteiger partial charge in [-0.2, -0.15) is 5.26 Å². The summed E-state index contributed by atoms with van der Waals surface area (Å²) in [4.78, 5) is 4.06. The summed E-state index contributed by atoms with van der Waals surface area (Å²) in [5.74, 6) is 0. The minimum atomic E-state index is -0.331. The van der Waals surface area contributed by atoms with Crippen LogP contribution in [-0.2, 0) is 6.42 Å². The van der Waals surface area contributed by atoms with Gasteiger partial charge in [-0.15, -0.1) is 0 Å². The molecule has 0 fully saturated rings. The molecule has 0 saturated heterocycles. The first-order valence-electron chi connectivity index (χ1n) is 7.49. The fourth-order valence-corrected chi connectivity index (χ4v) is 2.62. The summed E-state index contributed by atoms with van der Waals surface area (Å²) in [6.45, 7) is -0.331. The molecule has 0 spiro atoms. The molecule has 0 bridgehead atoms. The Morgan fingerprint density at radius 2 is 1.96 bits per heavy atom. The molecule has 1 aromatic heterocycles. The van der Waals surface area contributed by atoms with E-state index in [4.69, 9.17) is 5.26 Å². The second-order valence-electron chi connectivity index (χ2n) is 5.29. The van der Waals surface area contributed by atoms with Crippen LogP contribution < -0.4 is 0 Å². The van der Waals surface area contributed by atoms with Crippen molar-refractivity contribution in [2.45, 2.75) is 12.8 Å². The van der Waals surface area contributed by atoms with Gasteiger partial charge in [-0.25, -0.2) is 4.98 Å². The number of alkyl halides is 1. The van der Waals surface area contributed by atoms with E-state index in [1.807, 2.05) is 35.0 Å². The van der Waals surface area contributed by atoms with Crippen LogP contribution in [0.4, 0.5) is 4.39 Å². The summed E-state index contributed by atoms with van der Waals surface area (Å²) in [5.41, 5.74) is 4.85. The maximum absolute atomic E-state index is 12.6. The van der Waals surface area contributed by atoms with Crippen molar-refractivity contribution >= 4 is 0 Å². The molecule has 0 N–H and O–H groups in total. The first kappa shape index (κ1) is 15.0. The van der Waals surface area contributed by atoms with Crippen LogP contribution in [0.5, 0.6) is 0 Å². The van der Waals surface area contributed by atoms with Crippen molar-refractivity contribution in [3.8, 4) is 22.9 Å². The maximum Gasteiger partial charge on any atom is 0.0991 e. The normalized spacial score (nSPS) is 10.4. The predicted octanol–water partition coefficient (Wildman–Crippen LogP) is 4.31. The van der Waals surface area contributed by atoms with Gasteiger partial charge in [-0.3, -0.25) is 4.39 Å². The lowest BCUT2D eigenvalue weighted by molar-refractivity contribution is 0.473. The van der Waals surface area contributed by atoms with Gasteiger partial charge in [0.05, 0.1) is 24.6 Å². The Kier molecular flexibility index (Phi) is 4.49. The molecule has 3 aromatic rings. The smallest absolute Gasteiger partial charge is 0.0991 e. The monoisotopic (exact) mass is 305 g/mol. The third kappa shape index (κ3) is 3.29. The van der Waals surface area contributed by atoms with Crippen molar-refractivity contribution in [1.82, 2.24) is 9.55 Å². The lowest BCUT2D eigenvalue weighted by Crippen LogP contribution is -1.97. The minimum Gasteiger partial charge on any atom is -0.306 e. The zero-order chi connectivity index (χ0) is 16.1. The number of benzene rings is 2. The van der Waals surface area contributed by atoms with E-state index in [2.05, 4.69) is 17.1 Å². The molecule has 0 unspecified atom stereocenters. The molecule has 0 saturated carbocycles. The average Bonchev–Trinajstić information content (AvgIpc) is 3.14. The molecule has 0 aliphatic rings. The van der Waals surface area contributed by atoms with Crippen LogP contribution in [0.2, 0.25) is 0 Å². The molecule has 0 amide bonds. The number of aryl methyl sites for hydroxylation is 1. The number of hydrogen-bond acceptors (Lipinski definition) is 2. The van der Waals surface area contributed by atoms with Gasteiger partial charge in [-0.1, -0.05) is 18.2 Å². The molecule has 2 aromatic carbocycles. The molecule has 23 heavy (non-hydrogen) atoms. The molecule has 4 heteroatoms. The highest BCUT2D eigenvalue weighted by Crippen LogP contribution is 2.27. The fraction of sp³-hybridized carbons (Fsp3) is 0.158. The number of halogens is 1. The lowest BCUT2D eigenvalue weighted by Gasteiger charge is -2.12. The number of hydrogen-bond donors (Lipinski definition) is 0. The molecular weight excluding hydrogens is 289 g/mol. The molecule has 0 aliphatic carbocycles. The van der Waals surface area contributed by atoms with E-state index in [0.717, 1.165) is 22.4 Å². The lowest BCUT2D eigenvalue weighted by atomic mass is 9.95. The van der Waals surface area contributed by atoms with Crippen molar-refractivity contribution in [2.24, 2.45) is 0 Å².